The van der Waals surface area contributed by atoms with Crippen LogP contribution in [0.25, 0.3) is 0 Å². The van der Waals surface area contributed by atoms with E-state index < -0.39 is 18.2 Å². The molecular weight excluding hydrogens is 518 g/mol. The second-order valence-corrected chi connectivity index (χ2v) is 11.3. The van der Waals surface area contributed by atoms with Crippen molar-refractivity contribution in [2.75, 3.05) is 30.4 Å². The highest BCUT2D eigenvalue weighted by Gasteiger charge is 2.26. The van der Waals surface area contributed by atoms with E-state index in [1.165, 1.54) is 6.42 Å². The van der Waals surface area contributed by atoms with Crippen molar-refractivity contribution < 1.29 is 19.5 Å². The van der Waals surface area contributed by atoms with Gasteiger partial charge in [0, 0.05) is 49.5 Å². The zero-order valence-electron chi connectivity index (χ0n) is 24.3. The second-order valence-electron chi connectivity index (χ2n) is 11.3. The molecule has 9 nitrogen and oxygen atoms in total. The second kappa shape index (κ2) is 15.0. The van der Waals surface area contributed by atoms with E-state index in [0.29, 0.717) is 30.6 Å². The maximum Gasteiger partial charge on any atom is 0.251 e. The molecule has 2 fully saturated rings. The first-order valence-electron chi connectivity index (χ1n) is 15.0. The molecule has 222 valence electrons. The SMILES string of the molecule is CNc1cc(C(=O)N[C@@H](Cc2ccccc2)[C@@H](O)CN[C@@H](C)C(=O)NC2CCCCC2)cc(N2CCCCC2=O)c1. The van der Waals surface area contributed by atoms with Crippen molar-refractivity contribution in [2.45, 2.75) is 88.9 Å². The average molecular weight is 564 g/mol. The minimum Gasteiger partial charge on any atom is -0.390 e. The zero-order valence-corrected chi connectivity index (χ0v) is 24.3. The fourth-order valence-electron chi connectivity index (χ4n) is 5.63. The number of aliphatic hydroxyl groups is 1. The van der Waals surface area contributed by atoms with Crippen molar-refractivity contribution in [3.63, 3.8) is 0 Å². The molecule has 3 atom stereocenters. The quantitative estimate of drug-likeness (QED) is 0.270. The monoisotopic (exact) mass is 563 g/mol. The third kappa shape index (κ3) is 8.78. The molecule has 4 rings (SSSR count). The Labute approximate surface area is 243 Å². The lowest BCUT2D eigenvalue weighted by atomic mass is 9.95. The van der Waals surface area contributed by atoms with Crippen molar-refractivity contribution in [3.8, 4) is 0 Å². The maximum absolute atomic E-state index is 13.6. The van der Waals surface area contributed by atoms with Crippen LogP contribution in [-0.4, -0.2) is 67.2 Å². The average Bonchev–Trinajstić information content (AvgIpc) is 3.00. The van der Waals surface area contributed by atoms with Crippen LogP contribution < -0.4 is 26.2 Å². The molecule has 0 aromatic heterocycles. The number of nitrogens with zero attached hydrogens (tertiary/aromatic N) is 1. The molecular formula is C32H45N5O4. The van der Waals surface area contributed by atoms with Gasteiger partial charge in [0.15, 0.2) is 0 Å². The van der Waals surface area contributed by atoms with Crippen LogP contribution in [0.4, 0.5) is 11.4 Å². The van der Waals surface area contributed by atoms with Crippen molar-refractivity contribution in [1.82, 2.24) is 16.0 Å². The molecule has 2 aliphatic rings. The number of amides is 3. The van der Waals surface area contributed by atoms with Gasteiger partial charge in [-0.05, 0) is 62.8 Å². The van der Waals surface area contributed by atoms with E-state index in [0.717, 1.165) is 49.8 Å². The molecule has 5 N–H and O–H groups in total. The van der Waals surface area contributed by atoms with Crippen LogP contribution in [0, 0.1) is 0 Å². The van der Waals surface area contributed by atoms with E-state index in [2.05, 4.69) is 21.3 Å². The molecule has 0 bridgehead atoms. The van der Waals surface area contributed by atoms with Gasteiger partial charge in [-0.1, -0.05) is 49.6 Å². The van der Waals surface area contributed by atoms with Gasteiger partial charge < -0.3 is 31.3 Å². The van der Waals surface area contributed by atoms with Gasteiger partial charge in [0.2, 0.25) is 11.8 Å². The Balaban J connectivity index is 1.45. The number of aliphatic hydroxyl groups excluding tert-OH is 1. The minimum atomic E-state index is -0.945. The molecule has 1 aliphatic heterocycles. The first-order chi connectivity index (χ1) is 19.8. The summed E-state index contributed by atoms with van der Waals surface area (Å²) < 4.78 is 0. The summed E-state index contributed by atoms with van der Waals surface area (Å²) in [5, 5.41) is 23.6. The van der Waals surface area contributed by atoms with Gasteiger partial charge in [-0.15, -0.1) is 0 Å². The number of rotatable bonds is 12. The molecule has 0 radical (unpaired) electrons. The van der Waals surface area contributed by atoms with Crippen LogP contribution in [0.5, 0.6) is 0 Å². The van der Waals surface area contributed by atoms with Gasteiger partial charge in [0.05, 0.1) is 18.2 Å². The molecule has 9 heteroatoms. The predicted octanol–water partition coefficient (Wildman–Crippen LogP) is 3.37. The molecule has 2 aromatic carbocycles. The standard InChI is InChI=1S/C32H45N5O4/c1-22(31(40)35-25-13-7-4-8-14-25)34-21-29(38)28(17-23-11-5-3-6-12-23)36-32(41)24-18-26(33-2)20-27(19-24)37-16-10-9-15-30(37)39/h3,5-6,11-12,18-20,22,25,28-29,33-34,38H,4,7-10,13-17,21H2,1-2H3,(H,35,40)(H,36,41)/t22-,28-,29-/m0/s1. The Kier molecular flexibility index (Phi) is 11.2. The maximum atomic E-state index is 13.6. The summed E-state index contributed by atoms with van der Waals surface area (Å²) in [4.78, 5) is 40.6. The normalized spacial score (nSPS) is 18.3. The largest absolute Gasteiger partial charge is 0.390 e. The number of anilines is 2. The summed E-state index contributed by atoms with van der Waals surface area (Å²) in [6, 6.07) is 14.2. The van der Waals surface area contributed by atoms with E-state index in [4.69, 9.17) is 0 Å². The molecule has 1 heterocycles. The highest BCUT2D eigenvalue weighted by atomic mass is 16.3. The third-order valence-electron chi connectivity index (χ3n) is 8.16. The summed E-state index contributed by atoms with van der Waals surface area (Å²) in [6.45, 7) is 2.56. The number of benzene rings is 2. The van der Waals surface area contributed by atoms with E-state index in [-0.39, 0.29) is 30.3 Å². The molecule has 3 amide bonds. The number of hydrogen-bond donors (Lipinski definition) is 5. The first kappa shape index (κ1) is 30.5. The van der Waals surface area contributed by atoms with Crippen LogP contribution in [0.15, 0.2) is 48.5 Å². The van der Waals surface area contributed by atoms with Gasteiger partial charge in [0.1, 0.15) is 0 Å². The lowest BCUT2D eigenvalue weighted by Crippen LogP contribution is -2.53. The Hall–Kier alpha value is -3.43. The predicted molar refractivity (Wildman–Crippen MR) is 162 cm³/mol. The van der Waals surface area contributed by atoms with E-state index in [1.807, 2.05) is 36.4 Å². The topological polar surface area (TPSA) is 123 Å². The lowest BCUT2D eigenvalue weighted by molar-refractivity contribution is -0.123. The minimum absolute atomic E-state index is 0.0564. The Morgan fingerprint density at radius 1 is 1.02 bits per heavy atom. The number of hydrogen-bond acceptors (Lipinski definition) is 6. The van der Waals surface area contributed by atoms with E-state index in [9.17, 15) is 19.5 Å². The number of piperidine rings is 1. The Morgan fingerprint density at radius 2 is 1.78 bits per heavy atom. The highest BCUT2D eigenvalue weighted by Crippen LogP contribution is 2.26. The van der Waals surface area contributed by atoms with Gasteiger partial charge >= 0.3 is 0 Å². The number of nitrogens with one attached hydrogen (secondary N) is 4. The summed E-state index contributed by atoms with van der Waals surface area (Å²) in [6.07, 6.45) is 7.29. The highest BCUT2D eigenvalue weighted by molar-refractivity contribution is 5.99. The van der Waals surface area contributed by atoms with Crippen LogP contribution in [0.2, 0.25) is 0 Å². The summed E-state index contributed by atoms with van der Waals surface area (Å²) in [5.41, 5.74) is 2.80. The van der Waals surface area contributed by atoms with Gasteiger partial charge in [0.25, 0.3) is 5.91 Å². The number of carbonyl (C=O) groups excluding carboxylic acids is 3. The molecule has 41 heavy (non-hydrogen) atoms. The van der Waals surface area contributed by atoms with Gasteiger partial charge in [-0.25, -0.2) is 0 Å². The summed E-state index contributed by atoms with van der Waals surface area (Å²) in [7, 11) is 1.78. The van der Waals surface area contributed by atoms with Crippen molar-refractivity contribution in [3.05, 3.63) is 59.7 Å². The van der Waals surface area contributed by atoms with E-state index in [1.54, 1.807) is 31.0 Å². The summed E-state index contributed by atoms with van der Waals surface area (Å²) >= 11 is 0. The lowest BCUT2D eigenvalue weighted by Gasteiger charge is -2.29. The molecule has 1 saturated heterocycles. The Morgan fingerprint density at radius 3 is 2.49 bits per heavy atom. The fraction of sp³-hybridized carbons (Fsp3) is 0.531. The van der Waals surface area contributed by atoms with Crippen molar-refractivity contribution in [2.24, 2.45) is 0 Å². The first-order valence-corrected chi connectivity index (χ1v) is 15.0. The smallest absolute Gasteiger partial charge is 0.251 e. The third-order valence-corrected chi connectivity index (χ3v) is 8.16. The molecule has 2 aromatic rings. The molecule has 1 aliphatic carbocycles. The Bertz CT molecular complexity index is 1170. The zero-order chi connectivity index (χ0) is 29.2. The fourth-order valence-corrected chi connectivity index (χ4v) is 5.63. The van der Waals surface area contributed by atoms with E-state index >= 15 is 0 Å². The van der Waals surface area contributed by atoms with Crippen LogP contribution in [0.3, 0.4) is 0 Å². The number of carbonyl (C=O) groups is 3. The van der Waals surface area contributed by atoms with Crippen molar-refractivity contribution in [1.29, 1.82) is 0 Å². The van der Waals surface area contributed by atoms with Crippen LogP contribution in [0.1, 0.15) is 74.2 Å². The molecule has 0 unspecified atom stereocenters. The van der Waals surface area contributed by atoms with Crippen molar-refractivity contribution >= 4 is 29.1 Å². The molecule has 1 saturated carbocycles. The van der Waals surface area contributed by atoms with Gasteiger partial charge in [-0.2, -0.15) is 0 Å². The summed E-state index contributed by atoms with van der Waals surface area (Å²) in [5.74, 6) is -0.353. The van der Waals surface area contributed by atoms with Crippen LogP contribution in [-0.2, 0) is 16.0 Å². The van der Waals surface area contributed by atoms with Gasteiger partial charge in [-0.3, -0.25) is 14.4 Å². The van der Waals surface area contributed by atoms with Crippen LogP contribution >= 0.6 is 0 Å². The molecule has 0 spiro atoms.